The molecular weight excluding hydrogens is 344 g/mol. The summed E-state index contributed by atoms with van der Waals surface area (Å²) >= 11 is 0. The van der Waals surface area contributed by atoms with Crippen molar-refractivity contribution in [2.24, 2.45) is 5.41 Å². The normalized spacial score (nSPS) is 10.9. The third-order valence-electron chi connectivity index (χ3n) is 4.26. The van der Waals surface area contributed by atoms with E-state index in [1.165, 1.54) is 14.2 Å². The van der Waals surface area contributed by atoms with Gasteiger partial charge in [-0.1, -0.05) is 6.07 Å². The van der Waals surface area contributed by atoms with Crippen molar-refractivity contribution in [3.63, 3.8) is 0 Å². The Morgan fingerprint density at radius 2 is 1.30 bits per heavy atom. The number of ether oxygens (including phenoxy) is 2. The van der Waals surface area contributed by atoms with Crippen LogP contribution in [-0.2, 0) is 9.59 Å². The maximum atomic E-state index is 12.7. The molecule has 0 atom stereocenters. The Labute approximate surface area is 159 Å². The molecule has 6 heteroatoms. The van der Waals surface area contributed by atoms with E-state index in [1.54, 1.807) is 32.0 Å². The van der Waals surface area contributed by atoms with Crippen LogP contribution in [0, 0.1) is 19.3 Å². The highest BCUT2D eigenvalue weighted by atomic mass is 16.5. The first kappa shape index (κ1) is 20.3. The van der Waals surface area contributed by atoms with Gasteiger partial charge in [-0.2, -0.15) is 0 Å². The van der Waals surface area contributed by atoms with E-state index in [9.17, 15) is 9.59 Å². The molecule has 0 bridgehead atoms. The molecule has 0 saturated carbocycles. The van der Waals surface area contributed by atoms with Gasteiger partial charge in [-0.15, -0.1) is 0 Å². The van der Waals surface area contributed by atoms with Gasteiger partial charge in [-0.25, -0.2) is 0 Å². The lowest BCUT2D eigenvalue weighted by molar-refractivity contribution is -0.135. The quantitative estimate of drug-likeness (QED) is 0.756. The molecule has 0 aliphatic rings. The Morgan fingerprint density at radius 1 is 0.778 bits per heavy atom. The van der Waals surface area contributed by atoms with E-state index >= 15 is 0 Å². The van der Waals surface area contributed by atoms with E-state index in [4.69, 9.17) is 9.47 Å². The maximum absolute atomic E-state index is 12.7. The summed E-state index contributed by atoms with van der Waals surface area (Å²) < 4.78 is 10.4. The van der Waals surface area contributed by atoms with Crippen LogP contribution in [0.25, 0.3) is 0 Å². The second-order valence-electron chi connectivity index (χ2n) is 6.98. The van der Waals surface area contributed by atoms with E-state index in [2.05, 4.69) is 10.6 Å². The fourth-order valence-electron chi connectivity index (χ4n) is 2.64. The summed E-state index contributed by atoms with van der Waals surface area (Å²) in [6.07, 6.45) is 0. The van der Waals surface area contributed by atoms with Crippen molar-refractivity contribution in [1.29, 1.82) is 0 Å². The zero-order chi connectivity index (χ0) is 20.2. The molecule has 6 nitrogen and oxygen atoms in total. The molecule has 2 aromatic rings. The first-order valence-corrected chi connectivity index (χ1v) is 8.60. The van der Waals surface area contributed by atoms with Crippen LogP contribution < -0.4 is 20.1 Å². The second-order valence-corrected chi connectivity index (χ2v) is 6.98. The number of aryl methyl sites for hydroxylation is 2. The van der Waals surface area contributed by atoms with Crippen LogP contribution in [0.1, 0.15) is 25.0 Å². The van der Waals surface area contributed by atoms with Crippen molar-refractivity contribution < 1.29 is 19.1 Å². The Kier molecular flexibility index (Phi) is 6.10. The number of hydrogen-bond donors (Lipinski definition) is 2. The predicted octanol–water partition coefficient (Wildman–Crippen LogP) is 3.92. The van der Waals surface area contributed by atoms with E-state index in [0.29, 0.717) is 22.9 Å². The number of anilines is 2. The lowest BCUT2D eigenvalue weighted by Crippen LogP contribution is -2.41. The number of nitrogens with one attached hydrogen (secondary N) is 2. The van der Waals surface area contributed by atoms with Crippen molar-refractivity contribution in [1.82, 2.24) is 0 Å². The standard InChI is InChI=1S/C21H26N2O4/c1-13-9-14(2)11-16(10-13)23-20(25)21(3,4)19(24)22-15-7-8-17(26-5)18(12-15)27-6/h7-12H,1-6H3,(H,22,24)(H,23,25). The largest absolute Gasteiger partial charge is 0.493 e. The molecule has 2 N–H and O–H groups in total. The molecular formula is C21H26N2O4. The highest BCUT2D eigenvalue weighted by Crippen LogP contribution is 2.31. The van der Waals surface area contributed by atoms with Crippen LogP contribution in [-0.4, -0.2) is 26.0 Å². The zero-order valence-corrected chi connectivity index (χ0v) is 16.6. The Morgan fingerprint density at radius 3 is 1.81 bits per heavy atom. The van der Waals surface area contributed by atoms with E-state index in [1.807, 2.05) is 32.0 Å². The van der Waals surface area contributed by atoms with Crippen LogP contribution in [0.15, 0.2) is 36.4 Å². The van der Waals surface area contributed by atoms with Crippen LogP contribution in [0.4, 0.5) is 11.4 Å². The number of methoxy groups -OCH3 is 2. The number of carbonyl (C=O) groups is 2. The van der Waals surface area contributed by atoms with Gasteiger partial charge in [0.05, 0.1) is 14.2 Å². The average molecular weight is 370 g/mol. The van der Waals surface area contributed by atoms with E-state index in [-0.39, 0.29) is 5.91 Å². The van der Waals surface area contributed by atoms with Crippen molar-refractivity contribution >= 4 is 23.2 Å². The van der Waals surface area contributed by atoms with Gasteiger partial charge in [0.25, 0.3) is 0 Å². The van der Waals surface area contributed by atoms with Gasteiger partial charge in [-0.3, -0.25) is 9.59 Å². The molecule has 2 rings (SSSR count). The SMILES string of the molecule is COc1ccc(NC(=O)C(C)(C)C(=O)Nc2cc(C)cc(C)c2)cc1OC. The third-order valence-corrected chi connectivity index (χ3v) is 4.26. The molecule has 0 unspecified atom stereocenters. The van der Waals surface area contributed by atoms with Crippen LogP contribution in [0.5, 0.6) is 11.5 Å². The van der Waals surface area contributed by atoms with E-state index in [0.717, 1.165) is 11.1 Å². The second kappa shape index (κ2) is 8.12. The summed E-state index contributed by atoms with van der Waals surface area (Å²) in [5.41, 5.74) is 2.00. The Hall–Kier alpha value is -3.02. The summed E-state index contributed by atoms with van der Waals surface area (Å²) in [4.78, 5) is 25.4. The molecule has 0 heterocycles. The third kappa shape index (κ3) is 4.78. The average Bonchev–Trinajstić information content (AvgIpc) is 2.60. The van der Waals surface area contributed by atoms with Crippen molar-refractivity contribution in [2.45, 2.75) is 27.7 Å². The first-order chi connectivity index (χ1) is 12.7. The van der Waals surface area contributed by atoms with Crippen molar-refractivity contribution in [3.8, 4) is 11.5 Å². The molecule has 0 radical (unpaired) electrons. The minimum atomic E-state index is -1.27. The van der Waals surface area contributed by atoms with Gasteiger partial charge in [0.1, 0.15) is 5.41 Å². The minimum Gasteiger partial charge on any atom is -0.493 e. The first-order valence-electron chi connectivity index (χ1n) is 8.60. The summed E-state index contributed by atoms with van der Waals surface area (Å²) in [5.74, 6) is 0.247. The Balaban J connectivity index is 2.15. The number of rotatable bonds is 6. The number of carbonyl (C=O) groups excluding carboxylic acids is 2. The molecule has 2 amide bonds. The summed E-state index contributed by atoms with van der Waals surface area (Å²) in [7, 11) is 3.06. The molecule has 2 aromatic carbocycles. The van der Waals surface area contributed by atoms with Crippen LogP contribution >= 0.6 is 0 Å². The molecule has 0 spiro atoms. The number of amides is 2. The maximum Gasteiger partial charge on any atom is 0.239 e. The molecule has 0 fully saturated rings. The van der Waals surface area contributed by atoms with Gasteiger partial charge in [0.2, 0.25) is 11.8 Å². The fraction of sp³-hybridized carbons (Fsp3) is 0.333. The fourth-order valence-corrected chi connectivity index (χ4v) is 2.64. The van der Waals surface area contributed by atoms with Crippen molar-refractivity contribution in [2.75, 3.05) is 24.9 Å². The summed E-state index contributed by atoms with van der Waals surface area (Å²) in [5, 5.41) is 5.59. The van der Waals surface area contributed by atoms with Gasteiger partial charge < -0.3 is 20.1 Å². The molecule has 0 aliphatic heterocycles. The van der Waals surface area contributed by atoms with Gasteiger partial charge >= 0.3 is 0 Å². The minimum absolute atomic E-state index is 0.384. The van der Waals surface area contributed by atoms with Gasteiger partial charge in [-0.05, 0) is 63.1 Å². The molecule has 0 aliphatic carbocycles. The van der Waals surface area contributed by atoms with Gasteiger partial charge in [0, 0.05) is 17.4 Å². The topological polar surface area (TPSA) is 76.7 Å². The van der Waals surface area contributed by atoms with Crippen LogP contribution in [0.3, 0.4) is 0 Å². The van der Waals surface area contributed by atoms with Crippen LogP contribution in [0.2, 0.25) is 0 Å². The highest BCUT2D eigenvalue weighted by Gasteiger charge is 2.36. The molecule has 0 aromatic heterocycles. The lowest BCUT2D eigenvalue weighted by atomic mass is 9.90. The smallest absolute Gasteiger partial charge is 0.239 e. The number of benzene rings is 2. The molecule has 144 valence electrons. The number of hydrogen-bond acceptors (Lipinski definition) is 4. The summed E-state index contributed by atoms with van der Waals surface area (Å²) in [6.45, 7) is 7.08. The monoisotopic (exact) mass is 370 g/mol. The lowest BCUT2D eigenvalue weighted by Gasteiger charge is -2.23. The Bertz CT molecular complexity index is 839. The molecule has 27 heavy (non-hydrogen) atoms. The summed E-state index contributed by atoms with van der Waals surface area (Å²) in [6, 6.07) is 10.8. The van der Waals surface area contributed by atoms with Gasteiger partial charge in [0.15, 0.2) is 11.5 Å². The zero-order valence-electron chi connectivity index (χ0n) is 16.6. The highest BCUT2D eigenvalue weighted by molar-refractivity contribution is 6.14. The van der Waals surface area contributed by atoms with E-state index < -0.39 is 11.3 Å². The predicted molar refractivity (Wildman–Crippen MR) is 107 cm³/mol. The van der Waals surface area contributed by atoms with Crippen molar-refractivity contribution in [3.05, 3.63) is 47.5 Å². The molecule has 0 saturated heterocycles.